The van der Waals surface area contributed by atoms with Gasteiger partial charge in [-0.2, -0.15) is 5.26 Å². The number of ketones is 1. The third-order valence-electron chi connectivity index (χ3n) is 2.91. The molecule has 0 aliphatic rings. The number of carbonyl (C=O) groups is 1. The van der Waals surface area contributed by atoms with Gasteiger partial charge in [-0.15, -0.1) is 0 Å². The van der Waals surface area contributed by atoms with E-state index in [9.17, 15) is 9.59 Å². The zero-order valence-electron chi connectivity index (χ0n) is 10.8. The largest absolute Gasteiger partial charge is 0.308 e. The highest BCUT2D eigenvalue weighted by Gasteiger charge is 2.22. The first-order chi connectivity index (χ1) is 9.56. The molecule has 1 aromatic carbocycles. The molecule has 6 heteroatoms. The first-order valence-corrected chi connectivity index (χ1v) is 6.56. The molecule has 1 N–H and O–H groups in total. The highest BCUT2D eigenvalue weighted by Crippen LogP contribution is 2.18. The fourth-order valence-corrected chi connectivity index (χ4v) is 2.11. The van der Waals surface area contributed by atoms with E-state index in [2.05, 4.69) is 9.97 Å². The van der Waals surface area contributed by atoms with Gasteiger partial charge in [0.1, 0.15) is 5.82 Å². The lowest BCUT2D eigenvalue weighted by Crippen LogP contribution is -2.19. The standard InChI is InChI=1S/C14H12ClN3O2/c1-2-3-12(19)10(7-16)13-17-11-6-8(15)4-5-9(11)14(20)18-13/h4-6,10H,2-3H2,1H3,(H,17,18,20). The Morgan fingerprint density at radius 2 is 2.30 bits per heavy atom. The molecular formula is C14H12ClN3O2. The molecule has 20 heavy (non-hydrogen) atoms. The minimum absolute atomic E-state index is 0.0747. The summed E-state index contributed by atoms with van der Waals surface area (Å²) in [5, 5.41) is 9.95. The van der Waals surface area contributed by atoms with Crippen LogP contribution >= 0.6 is 11.6 Å². The number of rotatable bonds is 4. The predicted molar refractivity (Wildman–Crippen MR) is 75.6 cm³/mol. The number of aromatic amines is 1. The molecule has 5 nitrogen and oxygen atoms in total. The van der Waals surface area contributed by atoms with E-state index in [-0.39, 0.29) is 23.6 Å². The van der Waals surface area contributed by atoms with Crippen molar-refractivity contribution in [3.63, 3.8) is 0 Å². The van der Waals surface area contributed by atoms with Crippen LogP contribution in [-0.4, -0.2) is 15.8 Å². The van der Waals surface area contributed by atoms with Gasteiger partial charge in [0.05, 0.1) is 17.0 Å². The van der Waals surface area contributed by atoms with Crippen molar-refractivity contribution < 1.29 is 4.79 Å². The van der Waals surface area contributed by atoms with Gasteiger partial charge in [-0.05, 0) is 24.6 Å². The number of halogens is 1. The van der Waals surface area contributed by atoms with Crippen molar-refractivity contribution >= 4 is 28.3 Å². The van der Waals surface area contributed by atoms with E-state index >= 15 is 0 Å². The minimum Gasteiger partial charge on any atom is -0.308 e. The summed E-state index contributed by atoms with van der Waals surface area (Å²) in [6, 6.07) is 6.58. The summed E-state index contributed by atoms with van der Waals surface area (Å²) in [6.45, 7) is 1.85. The van der Waals surface area contributed by atoms with Crippen LogP contribution in [-0.2, 0) is 4.79 Å². The van der Waals surface area contributed by atoms with Crippen LogP contribution in [0.25, 0.3) is 10.9 Å². The molecule has 102 valence electrons. The van der Waals surface area contributed by atoms with Gasteiger partial charge in [-0.25, -0.2) is 4.98 Å². The molecule has 0 aliphatic carbocycles. The molecule has 0 spiro atoms. The third-order valence-corrected chi connectivity index (χ3v) is 3.14. The molecule has 0 fully saturated rings. The molecule has 0 aliphatic heterocycles. The first kappa shape index (κ1) is 14.2. The van der Waals surface area contributed by atoms with Crippen molar-refractivity contribution in [2.75, 3.05) is 0 Å². The Labute approximate surface area is 120 Å². The topological polar surface area (TPSA) is 86.6 Å². The van der Waals surface area contributed by atoms with Gasteiger partial charge < -0.3 is 4.98 Å². The van der Waals surface area contributed by atoms with Crippen LogP contribution in [0.2, 0.25) is 5.02 Å². The van der Waals surface area contributed by atoms with Gasteiger partial charge in [0, 0.05) is 11.4 Å². The second-order valence-electron chi connectivity index (χ2n) is 4.39. The number of hydrogen-bond acceptors (Lipinski definition) is 4. The number of carbonyl (C=O) groups excluding carboxylic acids is 1. The monoisotopic (exact) mass is 289 g/mol. The minimum atomic E-state index is -1.05. The van der Waals surface area contributed by atoms with Crippen molar-refractivity contribution in [2.45, 2.75) is 25.7 Å². The molecule has 0 amide bonds. The van der Waals surface area contributed by atoms with E-state index in [1.54, 1.807) is 12.1 Å². The summed E-state index contributed by atoms with van der Waals surface area (Å²) in [7, 11) is 0. The Kier molecular flexibility index (Phi) is 4.16. The van der Waals surface area contributed by atoms with Gasteiger partial charge >= 0.3 is 0 Å². The number of Topliss-reactive ketones (excluding diaryl/α,β-unsaturated/α-hetero) is 1. The van der Waals surface area contributed by atoms with Crippen LogP contribution < -0.4 is 5.56 Å². The fraction of sp³-hybridized carbons (Fsp3) is 0.286. The average molecular weight is 290 g/mol. The Morgan fingerprint density at radius 3 is 2.95 bits per heavy atom. The van der Waals surface area contributed by atoms with Gasteiger partial charge in [-0.1, -0.05) is 18.5 Å². The third kappa shape index (κ3) is 2.70. The van der Waals surface area contributed by atoms with Crippen LogP contribution in [0.5, 0.6) is 0 Å². The van der Waals surface area contributed by atoms with Gasteiger partial charge in [-0.3, -0.25) is 9.59 Å². The van der Waals surface area contributed by atoms with Crippen LogP contribution in [0.1, 0.15) is 31.5 Å². The predicted octanol–water partition coefficient (Wildman–Crippen LogP) is 2.55. The smallest absolute Gasteiger partial charge is 0.258 e. The Hall–Kier alpha value is -2.19. The summed E-state index contributed by atoms with van der Waals surface area (Å²) in [4.78, 5) is 30.5. The van der Waals surface area contributed by atoms with Crippen molar-refractivity contribution in [2.24, 2.45) is 0 Å². The van der Waals surface area contributed by atoms with Crippen molar-refractivity contribution in [3.8, 4) is 6.07 Å². The van der Waals surface area contributed by atoms with Gasteiger partial charge in [0.2, 0.25) is 0 Å². The zero-order chi connectivity index (χ0) is 14.7. The van der Waals surface area contributed by atoms with E-state index in [1.807, 2.05) is 13.0 Å². The maximum Gasteiger partial charge on any atom is 0.258 e. The van der Waals surface area contributed by atoms with Crippen LogP contribution in [0.4, 0.5) is 0 Å². The van der Waals surface area contributed by atoms with E-state index in [4.69, 9.17) is 16.9 Å². The quantitative estimate of drug-likeness (QED) is 0.937. The molecule has 0 bridgehead atoms. The van der Waals surface area contributed by atoms with Crippen molar-refractivity contribution in [3.05, 3.63) is 39.4 Å². The highest BCUT2D eigenvalue weighted by atomic mass is 35.5. The maximum absolute atomic E-state index is 12.0. The summed E-state index contributed by atoms with van der Waals surface area (Å²) >= 11 is 5.86. The van der Waals surface area contributed by atoms with E-state index in [0.29, 0.717) is 22.3 Å². The van der Waals surface area contributed by atoms with Crippen LogP contribution in [0.3, 0.4) is 0 Å². The Bertz CT molecular complexity index is 761. The maximum atomic E-state index is 12.0. The second kappa shape index (κ2) is 5.85. The molecule has 1 aromatic heterocycles. The molecular weight excluding hydrogens is 278 g/mol. The summed E-state index contributed by atoms with van der Waals surface area (Å²) in [5.74, 6) is -1.23. The summed E-state index contributed by atoms with van der Waals surface area (Å²) < 4.78 is 0. The van der Waals surface area contributed by atoms with Gasteiger partial charge in [0.25, 0.3) is 5.56 Å². The zero-order valence-corrected chi connectivity index (χ0v) is 11.6. The second-order valence-corrected chi connectivity index (χ2v) is 4.83. The summed E-state index contributed by atoms with van der Waals surface area (Å²) in [6.07, 6.45) is 0.913. The van der Waals surface area contributed by atoms with E-state index in [0.717, 1.165) is 0 Å². The van der Waals surface area contributed by atoms with Crippen molar-refractivity contribution in [1.82, 2.24) is 9.97 Å². The normalized spacial score (nSPS) is 12.1. The number of nitriles is 1. The molecule has 0 saturated carbocycles. The molecule has 1 heterocycles. The average Bonchev–Trinajstić information content (AvgIpc) is 2.39. The van der Waals surface area contributed by atoms with E-state index in [1.165, 1.54) is 6.07 Å². The highest BCUT2D eigenvalue weighted by molar-refractivity contribution is 6.31. The van der Waals surface area contributed by atoms with E-state index < -0.39 is 5.92 Å². The first-order valence-electron chi connectivity index (χ1n) is 6.18. The Morgan fingerprint density at radius 1 is 1.55 bits per heavy atom. The SMILES string of the molecule is CCCC(=O)C(C#N)c1nc2cc(Cl)ccc2c(=O)[nH]1. The molecule has 1 atom stereocenters. The lowest BCUT2D eigenvalue weighted by Gasteiger charge is -2.08. The fourth-order valence-electron chi connectivity index (χ4n) is 1.94. The number of fused-ring (bicyclic) bond motifs is 1. The molecule has 0 saturated heterocycles. The number of hydrogen-bond donors (Lipinski definition) is 1. The lowest BCUT2D eigenvalue weighted by molar-refractivity contribution is -0.119. The number of benzene rings is 1. The molecule has 2 rings (SSSR count). The van der Waals surface area contributed by atoms with Crippen LogP contribution in [0, 0.1) is 11.3 Å². The summed E-state index contributed by atoms with van der Waals surface area (Å²) in [5.41, 5.74) is -0.00739. The number of nitrogens with zero attached hydrogens (tertiary/aromatic N) is 2. The van der Waals surface area contributed by atoms with Crippen LogP contribution in [0.15, 0.2) is 23.0 Å². The lowest BCUT2D eigenvalue weighted by atomic mass is 10.0. The Balaban J connectivity index is 2.57. The molecule has 0 radical (unpaired) electrons. The van der Waals surface area contributed by atoms with Crippen molar-refractivity contribution in [1.29, 1.82) is 5.26 Å². The number of nitrogens with one attached hydrogen (secondary N) is 1. The van der Waals surface area contributed by atoms with Gasteiger partial charge in [0.15, 0.2) is 11.7 Å². The molecule has 1 unspecified atom stereocenters. The number of aromatic nitrogens is 2. The number of H-pyrrole nitrogens is 1. The molecule has 2 aromatic rings.